The molecule has 0 bridgehead atoms. The minimum Gasteiger partial charge on any atom is -0.496 e. The molecule has 1 saturated heterocycles. The average Bonchev–Trinajstić information content (AvgIpc) is 3.67. The number of carbonyl (C=O) groups excluding carboxylic acids is 3. The number of rotatable bonds is 7. The van der Waals surface area contributed by atoms with Gasteiger partial charge in [-0.3, -0.25) is 14.6 Å². The molecule has 9 heteroatoms. The quantitative estimate of drug-likeness (QED) is 0.614. The van der Waals surface area contributed by atoms with Crippen molar-refractivity contribution in [1.82, 2.24) is 20.0 Å². The third-order valence-electron chi connectivity index (χ3n) is 6.82. The molecule has 0 aromatic heterocycles. The highest BCUT2D eigenvalue weighted by atomic mass is 16.5. The van der Waals surface area contributed by atoms with Crippen LogP contribution in [-0.2, 0) is 14.3 Å². The zero-order valence-electron chi connectivity index (χ0n) is 20.4. The Morgan fingerprint density at radius 1 is 1.18 bits per heavy atom. The number of likely N-dealkylation sites (N-methyl/N-ethyl adjacent to an activating group) is 1. The summed E-state index contributed by atoms with van der Waals surface area (Å²) in [5.74, 6) is 0.570. The van der Waals surface area contributed by atoms with Crippen molar-refractivity contribution in [2.45, 2.75) is 38.8 Å². The summed E-state index contributed by atoms with van der Waals surface area (Å²) >= 11 is 0. The summed E-state index contributed by atoms with van der Waals surface area (Å²) in [6.07, 6.45) is 1.98. The first-order valence-electron chi connectivity index (χ1n) is 12.0. The van der Waals surface area contributed by atoms with Crippen LogP contribution in [0.15, 0.2) is 35.5 Å². The van der Waals surface area contributed by atoms with Crippen LogP contribution in [0.1, 0.15) is 38.3 Å². The molecule has 184 valence electrons. The van der Waals surface area contributed by atoms with Crippen molar-refractivity contribution in [3.05, 3.63) is 41.1 Å². The lowest BCUT2D eigenvalue weighted by molar-refractivity contribution is -0.139. The van der Waals surface area contributed by atoms with E-state index >= 15 is 0 Å². The maximum Gasteiger partial charge on any atom is 0.338 e. The number of para-hydroxylation sites is 1. The second-order valence-electron chi connectivity index (χ2n) is 9.15. The Labute approximate surface area is 200 Å². The van der Waals surface area contributed by atoms with Crippen LogP contribution in [0, 0.1) is 5.92 Å². The number of nitrogens with one attached hydrogen (secondary N) is 1. The van der Waals surface area contributed by atoms with Crippen LogP contribution in [0.2, 0.25) is 0 Å². The van der Waals surface area contributed by atoms with E-state index in [1.54, 1.807) is 27.1 Å². The number of methoxy groups -OCH3 is 1. The minimum absolute atomic E-state index is 0.0706. The third-order valence-corrected chi connectivity index (χ3v) is 6.82. The molecule has 0 spiro atoms. The maximum absolute atomic E-state index is 13.2. The monoisotopic (exact) mass is 470 g/mol. The highest BCUT2D eigenvalue weighted by Gasteiger charge is 2.40. The van der Waals surface area contributed by atoms with Crippen molar-refractivity contribution in [3.8, 4) is 5.75 Å². The molecular formula is C25H34N4O5. The van der Waals surface area contributed by atoms with Crippen LogP contribution in [0.4, 0.5) is 4.79 Å². The summed E-state index contributed by atoms with van der Waals surface area (Å²) < 4.78 is 10.9. The Hall–Kier alpha value is -3.07. The molecule has 2 aliphatic heterocycles. The van der Waals surface area contributed by atoms with Crippen molar-refractivity contribution in [2.24, 2.45) is 5.92 Å². The van der Waals surface area contributed by atoms with Crippen molar-refractivity contribution >= 4 is 17.9 Å². The lowest BCUT2D eigenvalue weighted by Gasteiger charge is -2.42. The van der Waals surface area contributed by atoms with E-state index < -0.39 is 12.0 Å². The Morgan fingerprint density at radius 2 is 1.91 bits per heavy atom. The highest BCUT2D eigenvalue weighted by Crippen LogP contribution is 2.36. The van der Waals surface area contributed by atoms with Gasteiger partial charge in [-0.05, 0) is 32.8 Å². The van der Waals surface area contributed by atoms with Crippen molar-refractivity contribution < 1.29 is 23.9 Å². The molecule has 4 rings (SSSR count). The van der Waals surface area contributed by atoms with Gasteiger partial charge in [-0.25, -0.2) is 9.59 Å². The molecule has 1 aromatic carbocycles. The highest BCUT2D eigenvalue weighted by molar-refractivity contribution is 5.95. The van der Waals surface area contributed by atoms with Crippen LogP contribution < -0.4 is 10.1 Å². The lowest BCUT2D eigenvalue weighted by Crippen LogP contribution is -2.56. The number of amides is 3. The summed E-state index contributed by atoms with van der Waals surface area (Å²) in [7, 11) is 3.23. The molecule has 1 aliphatic carbocycles. The van der Waals surface area contributed by atoms with Crippen LogP contribution in [0.5, 0.6) is 5.75 Å². The summed E-state index contributed by atoms with van der Waals surface area (Å²) in [6.45, 7) is 6.44. The molecule has 2 atom stereocenters. The smallest absolute Gasteiger partial charge is 0.338 e. The summed E-state index contributed by atoms with van der Waals surface area (Å²) in [5, 5.41) is 2.94. The SMILES string of the molecule is CCOC(=O)C1=C(CN2CCN(C(=O)C3CC3)C(C)C2)N(C)C(=O)NC1c1ccccc1OC. The van der Waals surface area contributed by atoms with Gasteiger partial charge >= 0.3 is 12.0 Å². The first-order chi connectivity index (χ1) is 16.3. The first kappa shape index (κ1) is 24.1. The number of hydrogen-bond acceptors (Lipinski definition) is 6. The van der Waals surface area contributed by atoms with E-state index in [1.165, 1.54) is 4.90 Å². The molecule has 9 nitrogen and oxygen atoms in total. The van der Waals surface area contributed by atoms with Gasteiger partial charge in [0.25, 0.3) is 0 Å². The zero-order chi connectivity index (χ0) is 24.4. The van der Waals surface area contributed by atoms with Gasteiger partial charge in [-0.2, -0.15) is 0 Å². The summed E-state index contributed by atoms with van der Waals surface area (Å²) in [5.41, 5.74) is 1.70. The topological polar surface area (TPSA) is 91.4 Å². The number of hydrogen-bond donors (Lipinski definition) is 1. The van der Waals surface area contributed by atoms with E-state index in [0.29, 0.717) is 48.8 Å². The fraction of sp³-hybridized carbons (Fsp3) is 0.560. The van der Waals surface area contributed by atoms with E-state index in [-0.39, 0.29) is 30.5 Å². The molecule has 2 heterocycles. The minimum atomic E-state index is -0.691. The molecule has 3 aliphatic rings. The van der Waals surface area contributed by atoms with E-state index in [9.17, 15) is 14.4 Å². The van der Waals surface area contributed by atoms with E-state index in [1.807, 2.05) is 23.1 Å². The molecule has 1 saturated carbocycles. The van der Waals surface area contributed by atoms with Gasteiger partial charge in [0.2, 0.25) is 5.91 Å². The maximum atomic E-state index is 13.2. The van der Waals surface area contributed by atoms with Gasteiger partial charge in [0.05, 0.1) is 25.3 Å². The molecule has 1 N–H and O–H groups in total. The number of urea groups is 1. The summed E-state index contributed by atoms with van der Waals surface area (Å²) in [4.78, 5) is 44.4. The fourth-order valence-corrected chi connectivity index (χ4v) is 4.82. The Morgan fingerprint density at radius 3 is 2.56 bits per heavy atom. The molecule has 3 amide bonds. The van der Waals surface area contributed by atoms with Gasteiger partial charge in [0.15, 0.2) is 0 Å². The van der Waals surface area contributed by atoms with Gasteiger partial charge < -0.3 is 19.7 Å². The first-order valence-corrected chi connectivity index (χ1v) is 12.0. The van der Waals surface area contributed by atoms with Crippen molar-refractivity contribution in [1.29, 1.82) is 0 Å². The van der Waals surface area contributed by atoms with Gasteiger partial charge in [0.1, 0.15) is 5.75 Å². The van der Waals surface area contributed by atoms with Crippen molar-refractivity contribution in [3.63, 3.8) is 0 Å². The molecule has 2 unspecified atom stereocenters. The number of ether oxygens (including phenoxy) is 2. The molecule has 1 aromatic rings. The number of benzene rings is 1. The standard InChI is InChI=1S/C25H34N4O5/c1-5-34-24(31)21-19(15-28-12-13-29(16(2)14-28)23(30)17-10-11-17)27(3)25(32)26-22(21)18-8-6-7-9-20(18)33-4/h6-9,16-17,22H,5,10-15H2,1-4H3,(H,26,32). The van der Waals surface area contributed by atoms with Gasteiger partial charge in [-0.15, -0.1) is 0 Å². The van der Waals surface area contributed by atoms with E-state index in [0.717, 1.165) is 12.8 Å². The lowest BCUT2D eigenvalue weighted by atomic mass is 9.93. The zero-order valence-corrected chi connectivity index (χ0v) is 20.4. The molecule has 0 radical (unpaired) electrons. The van der Waals surface area contributed by atoms with Crippen LogP contribution in [0.3, 0.4) is 0 Å². The van der Waals surface area contributed by atoms with Gasteiger partial charge in [0, 0.05) is 56.4 Å². The molecule has 34 heavy (non-hydrogen) atoms. The largest absolute Gasteiger partial charge is 0.496 e. The number of nitrogens with zero attached hydrogens (tertiary/aromatic N) is 3. The summed E-state index contributed by atoms with van der Waals surface area (Å²) in [6, 6.07) is 6.43. The second kappa shape index (κ2) is 10.0. The van der Waals surface area contributed by atoms with E-state index in [2.05, 4.69) is 17.1 Å². The Balaban J connectivity index is 1.65. The number of esters is 1. The number of carbonyl (C=O) groups is 3. The van der Waals surface area contributed by atoms with E-state index in [4.69, 9.17) is 9.47 Å². The van der Waals surface area contributed by atoms with Crippen LogP contribution >= 0.6 is 0 Å². The Bertz CT molecular complexity index is 989. The average molecular weight is 471 g/mol. The van der Waals surface area contributed by atoms with Gasteiger partial charge in [-0.1, -0.05) is 18.2 Å². The fourth-order valence-electron chi connectivity index (χ4n) is 4.82. The van der Waals surface area contributed by atoms with Crippen LogP contribution in [-0.4, -0.2) is 85.6 Å². The third kappa shape index (κ3) is 4.75. The molecular weight excluding hydrogens is 436 g/mol. The predicted octanol–water partition coefficient (Wildman–Crippen LogP) is 2.15. The second-order valence-corrected chi connectivity index (χ2v) is 9.15. The number of piperazine rings is 1. The Kier molecular flexibility index (Phi) is 7.11. The van der Waals surface area contributed by atoms with Crippen molar-refractivity contribution in [2.75, 3.05) is 46.9 Å². The predicted molar refractivity (Wildman–Crippen MR) is 126 cm³/mol. The van der Waals surface area contributed by atoms with Crippen LogP contribution in [0.25, 0.3) is 0 Å². The normalized spacial score (nSPS) is 23.6. The molecule has 2 fully saturated rings.